The molecule has 114 valence electrons. The van der Waals surface area contributed by atoms with Gasteiger partial charge in [0, 0.05) is 23.3 Å². The van der Waals surface area contributed by atoms with E-state index in [0.29, 0.717) is 16.7 Å². The first-order valence-corrected chi connectivity index (χ1v) is 7.54. The van der Waals surface area contributed by atoms with Gasteiger partial charge in [-0.3, -0.25) is 0 Å². The Morgan fingerprint density at radius 3 is 2.86 bits per heavy atom. The molecule has 0 saturated carbocycles. The van der Waals surface area contributed by atoms with E-state index in [1.807, 2.05) is 0 Å². The number of halogens is 1. The number of aromatic carboxylic acids is 1. The fourth-order valence-corrected chi connectivity index (χ4v) is 2.67. The monoisotopic (exact) mass is 356 g/mol. The summed E-state index contributed by atoms with van der Waals surface area (Å²) in [5, 5.41) is 14.3. The second kappa shape index (κ2) is 7.42. The van der Waals surface area contributed by atoms with Crippen molar-refractivity contribution in [3.63, 3.8) is 0 Å². The molecule has 1 heterocycles. The quantitative estimate of drug-likeness (QED) is 0.756. The number of ether oxygens (including phenoxy) is 1. The Morgan fingerprint density at radius 2 is 2.19 bits per heavy atom. The van der Waals surface area contributed by atoms with Gasteiger partial charge in [0.15, 0.2) is 0 Å². The maximum absolute atomic E-state index is 11.8. The number of hydrogen-bond donors (Lipinski definition) is 3. The van der Waals surface area contributed by atoms with Gasteiger partial charge in [0.2, 0.25) is 0 Å². The second-order valence-electron chi connectivity index (χ2n) is 4.84. The van der Waals surface area contributed by atoms with Gasteiger partial charge in [0.05, 0.1) is 11.7 Å². The summed E-state index contributed by atoms with van der Waals surface area (Å²) in [6, 6.07) is 4.17. The lowest BCUT2D eigenvalue weighted by Gasteiger charge is -2.11. The van der Waals surface area contributed by atoms with Crippen molar-refractivity contribution in [2.45, 2.75) is 25.4 Å². The first-order valence-electron chi connectivity index (χ1n) is 6.75. The molecule has 1 aliphatic heterocycles. The van der Waals surface area contributed by atoms with E-state index in [2.05, 4.69) is 26.6 Å². The van der Waals surface area contributed by atoms with Crippen molar-refractivity contribution in [3.05, 3.63) is 28.2 Å². The Hall–Kier alpha value is -1.60. The summed E-state index contributed by atoms with van der Waals surface area (Å²) in [5.41, 5.74) is 0.537. The molecule has 6 nitrogen and oxygen atoms in total. The molecule has 3 N–H and O–H groups in total. The van der Waals surface area contributed by atoms with Crippen LogP contribution < -0.4 is 10.6 Å². The maximum atomic E-state index is 11.8. The molecule has 1 saturated heterocycles. The predicted molar refractivity (Wildman–Crippen MR) is 81.7 cm³/mol. The van der Waals surface area contributed by atoms with Gasteiger partial charge in [0.25, 0.3) is 0 Å². The molecule has 7 heteroatoms. The number of carboxylic acid groups (broad SMARTS) is 1. The molecule has 1 aliphatic rings. The molecular formula is C14H17BrN2O4. The number of amides is 2. The van der Waals surface area contributed by atoms with Gasteiger partial charge in [-0.1, -0.05) is 15.9 Å². The van der Waals surface area contributed by atoms with Crippen LogP contribution in [0.4, 0.5) is 10.5 Å². The summed E-state index contributed by atoms with van der Waals surface area (Å²) >= 11 is 3.22. The number of urea groups is 1. The molecule has 0 bridgehead atoms. The van der Waals surface area contributed by atoms with Crippen molar-refractivity contribution in [3.8, 4) is 0 Å². The zero-order valence-electron chi connectivity index (χ0n) is 11.4. The average molecular weight is 357 g/mol. The molecular weight excluding hydrogens is 340 g/mol. The summed E-state index contributed by atoms with van der Waals surface area (Å²) in [4.78, 5) is 22.7. The molecule has 1 aromatic carbocycles. The van der Waals surface area contributed by atoms with Crippen molar-refractivity contribution in [2.75, 3.05) is 18.5 Å². The van der Waals surface area contributed by atoms with Crippen LogP contribution in [0.5, 0.6) is 0 Å². The molecule has 0 spiro atoms. The summed E-state index contributed by atoms with van der Waals surface area (Å²) in [7, 11) is 0. The minimum atomic E-state index is -1.04. The van der Waals surface area contributed by atoms with Crippen LogP contribution >= 0.6 is 15.9 Å². The molecule has 1 fully saturated rings. The molecule has 1 atom stereocenters. The molecule has 0 aliphatic carbocycles. The average Bonchev–Trinajstić information content (AvgIpc) is 2.91. The van der Waals surface area contributed by atoms with Crippen LogP contribution in [0, 0.1) is 0 Å². The van der Waals surface area contributed by atoms with Crippen LogP contribution in [0.15, 0.2) is 22.7 Å². The Morgan fingerprint density at radius 1 is 1.38 bits per heavy atom. The summed E-state index contributed by atoms with van der Waals surface area (Å²) in [6.45, 7) is 1.32. The lowest BCUT2D eigenvalue weighted by atomic mass is 10.2. The van der Waals surface area contributed by atoms with Gasteiger partial charge >= 0.3 is 12.0 Å². The first kappa shape index (κ1) is 15.8. The molecule has 0 radical (unpaired) electrons. The normalized spacial score (nSPS) is 17.5. The minimum Gasteiger partial charge on any atom is -0.478 e. The Kier molecular flexibility index (Phi) is 5.58. The van der Waals surface area contributed by atoms with Crippen molar-refractivity contribution >= 4 is 33.6 Å². The number of carboxylic acids is 1. The number of hydrogen-bond acceptors (Lipinski definition) is 3. The number of carbonyl (C=O) groups excluding carboxylic acids is 1. The topological polar surface area (TPSA) is 87.7 Å². The third-order valence-corrected chi connectivity index (χ3v) is 3.64. The van der Waals surface area contributed by atoms with Crippen LogP contribution in [0.25, 0.3) is 0 Å². The Bertz CT molecular complexity index is 530. The SMILES string of the molecule is O=C(NCCC1CCCO1)Nc1cc(Br)cc(C(=O)O)c1. The van der Waals surface area contributed by atoms with Gasteiger partial charge in [-0.05, 0) is 37.5 Å². The van der Waals surface area contributed by atoms with Crippen LogP contribution in [0.3, 0.4) is 0 Å². The van der Waals surface area contributed by atoms with Crippen molar-refractivity contribution in [1.29, 1.82) is 0 Å². The van der Waals surface area contributed by atoms with Crippen LogP contribution in [0.1, 0.15) is 29.6 Å². The van der Waals surface area contributed by atoms with Crippen molar-refractivity contribution in [1.82, 2.24) is 5.32 Å². The van der Waals surface area contributed by atoms with Crippen molar-refractivity contribution in [2.24, 2.45) is 0 Å². The second-order valence-corrected chi connectivity index (χ2v) is 5.75. The smallest absolute Gasteiger partial charge is 0.335 e. The predicted octanol–water partition coefficient (Wildman–Crippen LogP) is 2.84. The fourth-order valence-electron chi connectivity index (χ4n) is 2.18. The summed E-state index contributed by atoms with van der Waals surface area (Å²) < 4.78 is 6.06. The number of rotatable bonds is 5. The standard InChI is InChI=1S/C14H17BrN2O4/c15-10-6-9(13(18)19)7-11(8-10)17-14(20)16-4-3-12-2-1-5-21-12/h6-8,12H,1-5H2,(H,18,19)(H2,16,17,20). The third-order valence-electron chi connectivity index (χ3n) is 3.18. The highest BCUT2D eigenvalue weighted by Gasteiger charge is 2.15. The van der Waals surface area contributed by atoms with E-state index in [1.165, 1.54) is 12.1 Å². The van der Waals surface area contributed by atoms with E-state index in [0.717, 1.165) is 25.9 Å². The number of anilines is 1. The van der Waals surface area contributed by atoms with Gasteiger partial charge in [0.1, 0.15) is 0 Å². The van der Waals surface area contributed by atoms with Gasteiger partial charge in [-0.15, -0.1) is 0 Å². The summed E-state index contributed by atoms with van der Waals surface area (Å²) in [5.74, 6) is -1.04. The Labute approximate surface area is 131 Å². The van der Waals surface area contributed by atoms with E-state index >= 15 is 0 Å². The lowest BCUT2D eigenvalue weighted by molar-refractivity contribution is 0.0696. The molecule has 2 amide bonds. The fraction of sp³-hybridized carbons (Fsp3) is 0.429. The van der Waals surface area contributed by atoms with E-state index in [4.69, 9.17) is 9.84 Å². The minimum absolute atomic E-state index is 0.110. The highest BCUT2D eigenvalue weighted by Crippen LogP contribution is 2.19. The van der Waals surface area contributed by atoms with Crippen molar-refractivity contribution < 1.29 is 19.4 Å². The zero-order chi connectivity index (χ0) is 15.2. The third kappa shape index (κ3) is 5.02. The number of nitrogens with one attached hydrogen (secondary N) is 2. The molecule has 1 aromatic rings. The summed E-state index contributed by atoms with van der Waals surface area (Å²) in [6.07, 6.45) is 3.13. The zero-order valence-corrected chi connectivity index (χ0v) is 13.0. The Balaban J connectivity index is 1.82. The van der Waals surface area contributed by atoms with Gasteiger partial charge in [-0.2, -0.15) is 0 Å². The molecule has 1 unspecified atom stereocenters. The van der Waals surface area contributed by atoms with E-state index < -0.39 is 5.97 Å². The molecule has 0 aromatic heterocycles. The van der Waals surface area contributed by atoms with Crippen LogP contribution in [0.2, 0.25) is 0 Å². The van der Waals surface area contributed by atoms with Gasteiger partial charge in [-0.25, -0.2) is 9.59 Å². The van der Waals surface area contributed by atoms with Crippen LogP contribution in [-0.2, 0) is 4.74 Å². The first-order chi connectivity index (χ1) is 10.0. The lowest BCUT2D eigenvalue weighted by Crippen LogP contribution is -2.31. The van der Waals surface area contributed by atoms with E-state index in [9.17, 15) is 9.59 Å². The van der Waals surface area contributed by atoms with E-state index in [1.54, 1.807) is 6.07 Å². The largest absolute Gasteiger partial charge is 0.478 e. The van der Waals surface area contributed by atoms with E-state index in [-0.39, 0.29) is 17.7 Å². The van der Waals surface area contributed by atoms with Gasteiger partial charge < -0.3 is 20.5 Å². The molecule has 21 heavy (non-hydrogen) atoms. The highest BCUT2D eigenvalue weighted by atomic mass is 79.9. The highest BCUT2D eigenvalue weighted by molar-refractivity contribution is 9.10. The van der Waals surface area contributed by atoms with Crippen LogP contribution in [-0.4, -0.2) is 36.4 Å². The number of benzene rings is 1. The molecule has 2 rings (SSSR count). The maximum Gasteiger partial charge on any atom is 0.335 e. The number of carbonyl (C=O) groups is 2.